The Bertz CT molecular complexity index is 396. The molecule has 0 aliphatic heterocycles. The van der Waals surface area contributed by atoms with Gasteiger partial charge >= 0.3 is 0 Å². The highest BCUT2D eigenvalue weighted by Gasteiger charge is 2.14. The van der Waals surface area contributed by atoms with Crippen LogP contribution >= 0.6 is 11.8 Å². The molecule has 1 aromatic heterocycles. The molecule has 0 amide bonds. The van der Waals surface area contributed by atoms with Crippen LogP contribution in [-0.4, -0.2) is 22.3 Å². The predicted molar refractivity (Wildman–Crippen MR) is 78.7 cm³/mol. The summed E-state index contributed by atoms with van der Waals surface area (Å²) in [5.74, 6) is 7.76. The molecule has 0 saturated heterocycles. The number of hydrazine groups is 1. The molecule has 1 heterocycles. The monoisotopic (exact) mass is 282 g/mol. The first-order chi connectivity index (χ1) is 9.31. The molecular weight excluding hydrogens is 260 g/mol. The van der Waals surface area contributed by atoms with Crippen molar-refractivity contribution in [2.45, 2.75) is 49.7 Å². The van der Waals surface area contributed by atoms with Gasteiger partial charge in [0.1, 0.15) is 11.6 Å². The normalized spacial score (nSPS) is 16.5. The Morgan fingerprint density at radius 2 is 2.16 bits per heavy atom. The SMILES string of the molecule is COCc1cc(NN)nc(CSC2CCCCC2)n1. The van der Waals surface area contributed by atoms with Crippen LogP contribution in [0, 0.1) is 0 Å². The third-order valence-electron chi connectivity index (χ3n) is 3.27. The van der Waals surface area contributed by atoms with Crippen molar-refractivity contribution in [2.75, 3.05) is 12.5 Å². The fraction of sp³-hybridized carbons (Fsp3) is 0.692. The summed E-state index contributed by atoms with van der Waals surface area (Å²) in [7, 11) is 1.66. The van der Waals surface area contributed by atoms with Gasteiger partial charge in [-0.3, -0.25) is 0 Å². The number of aromatic nitrogens is 2. The Kier molecular flexibility index (Phi) is 5.88. The van der Waals surface area contributed by atoms with Crippen LogP contribution in [0.25, 0.3) is 0 Å². The highest BCUT2D eigenvalue weighted by Crippen LogP contribution is 2.30. The second-order valence-electron chi connectivity index (χ2n) is 4.81. The van der Waals surface area contributed by atoms with E-state index in [2.05, 4.69) is 15.4 Å². The number of rotatable bonds is 6. The Labute approximate surface area is 118 Å². The first-order valence-corrected chi connectivity index (χ1v) is 7.80. The van der Waals surface area contributed by atoms with Crippen LogP contribution in [0.15, 0.2) is 6.07 Å². The number of methoxy groups -OCH3 is 1. The van der Waals surface area contributed by atoms with Crippen LogP contribution in [-0.2, 0) is 17.1 Å². The second kappa shape index (κ2) is 7.67. The average Bonchev–Trinajstić information content (AvgIpc) is 2.46. The molecule has 0 atom stereocenters. The Morgan fingerprint density at radius 3 is 2.84 bits per heavy atom. The number of thioether (sulfide) groups is 1. The van der Waals surface area contributed by atoms with E-state index in [0.29, 0.717) is 12.4 Å². The van der Waals surface area contributed by atoms with E-state index in [0.717, 1.165) is 22.5 Å². The molecule has 3 N–H and O–H groups in total. The molecule has 0 radical (unpaired) electrons. The molecule has 1 fully saturated rings. The van der Waals surface area contributed by atoms with E-state index in [1.165, 1.54) is 32.1 Å². The van der Waals surface area contributed by atoms with Crippen molar-refractivity contribution in [1.29, 1.82) is 0 Å². The number of nitrogen functional groups attached to an aromatic ring is 1. The van der Waals surface area contributed by atoms with Gasteiger partial charge in [-0.05, 0) is 12.8 Å². The van der Waals surface area contributed by atoms with Crippen LogP contribution in [0.1, 0.15) is 43.6 Å². The third-order valence-corrected chi connectivity index (χ3v) is 4.63. The molecule has 0 spiro atoms. The molecule has 6 heteroatoms. The summed E-state index contributed by atoms with van der Waals surface area (Å²) in [5, 5.41) is 0.762. The molecule has 1 aromatic rings. The number of nitrogens with zero attached hydrogens (tertiary/aromatic N) is 2. The van der Waals surface area contributed by atoms with Crippen molar-refractivity contribution >= 4 is 17.6 Å². The molecule has 0 bridgehead atoms. The number of nitrogens with one attached hydrogen (secondary N) is 1. The molecule has 19 heavy (non-hydrogen) atoms. The number of anilines is 1. The van der Waals surface area contributed by atoms with Gasteiger partial charge < -0.3 is 10.2 Å². The minimum Gasteiger partial charge on any atom is -0.378 e. The van der Waals surface area contributed by atoms with E-state index in [-0.39, 0.29) is 0 Å². The number of nitrogens with two attached hydrogens (primary N) is 1. The van der Waals surface area contributed by atoms with Crippen molar-refractivity contribution in [3.63, 3.8) is 0 Å². The maximum absolute atomic E-state index is 5.43. The van der Waals surface area contributed by atoms with Crippen molar-refractivity contribution in [3.8, 4) is 0 Å². The van der Waals surface area contributed by atoms with Gasteiger partial charge in [0.15, 0.2) is 0 Å². The fourth-order valence-corrected chi connectivity index (χ4v) is 3.52. The topological polar surface area (TPSA) is 73.1 Å². The van der Waals surface area contributed by atoms with Crippen LogP contribution < -0.4 is 11.3 Å². The van der Waals surface area contributed by atoms with Gasteiger partial charge in [0.2, 0.25) is 0 Å². The number of hydrogen-bond donors (Lipinski definition) is 2. The van der Waals surface area contributed by atoms with E-state index in [1.807, 2.05) is 17.8 Å². The highest BCUT2D eigenvalue weighted by atomic mass is 32.2. The lowest BCUT2D eigenvalue weighted by atomic mass is 10.0. The molecule has 0 aromatic carbocycles. The summed E-state index contributed by atoms with van der Waals surface area (Å²) in [6.07, 6.45) is 6.75. The Balaban J connectivity index is 1.95. The van der Waals surface area contributed by atoms with Gasteiger partial charge in [-0.25, -0.2) is 15.8 Å². The van der Waals surface area contributed by atoms with Gasteiger partial charge in [0, 0.05) is 18.4 Å². The summed E-state index contributed by atoms with van der Waals surface area (Å²) < 4.78 is 5.11. The largest absolute Gasteiger partial charge is 0.378 e. The minimum atomic E-state index is 0.484. The summed E-state index contributed by atoms with van der Waals surface area (Å²) in [6, 6.07) is 1.82. The van der Waals surface area contributed by atoms with Gasteiger partial charge in [-0.1, -0.05) is 19.3 Å². The van der Waals surface area contributed by atoms with E-state index in [4.69, 9.17) is 10.6 Å². The summed E-state index contributed by atoms with van der Waals surface area (Å²) in [6.45, 7) is 0.484. The van der Waals surface area contributed by atoms with Gasteiger partial charge in [0.25, 0.3) is 0 Å². The lowest BCUT2D eigenvalue weighted by molar-refractivity contribution is 0.181. The molecule has 2 rings (SSSR count). The maximum atomic E-state index is 5.43. The van der Waals surface area contributed by atoms with E-state index in [1.54, 1.807) is 7.11 Å². The van der Waals surface area contributed by atoms with Crippen molar-refractivity contribution in [1.82, 2.24) is 9.97 Å². The predicted octanol–water partition coefficient (Wildman–Crippen LogP) is 2.47. The lowest BCUT2D eigenvalue weighted by Crippen LogP contribution is -2.13. The zero-order valence-electron chi connectivity index (χ0n) is 11.4. The van der Waals surface area contributed by atoms with E-state index >= 15 is 0 Å². The number of hydrogen-bond acceptors (Lipinski definition) is 6. The Morgan fingerprint density at radius 1 is 1.37 bits per heavy atom. The van der Waals surface area contributed by atoms with Crippen molar-refractivity contribution in [3.05, 3.63) is 17.6 Å². The first-order valence-electron chi connectivity index (χ1n) is 6.76. The van der Waals surface area contributed by atoms with Crippen molar-refractivity contribution in [2.24, 2.45) is 5.84 Å². The smallest absolute Gasteiger partial charge is 0.144 e. The molecule has 1 saturated carbocycles. The standard InChI is InChI=1S/C13H22N4OS/c1-18-8-10-7-12(17-14)16-13(15-10)9-19-11-5-3-2-4-6-11/h7,11H,2-6,8-9,14H2,1H3,(H,15,16,17). The molecule has 1 aliphatic carbocycles. The molecule has 5 nitrogen and oxygen atoms in total. The van der Waals surface area contributed by atoms with Gasteiger partial charge in [-0.2, -0.15) is 11.8 Å². The first kappa shape index (κ1) is 14.6. The van der Waals surface area contributed by atoms with Crippen LogP contribution in [0.4, 0.5) is 5.82 Å². The van der Waals surface area contributed by atoms with Crippen molar-refractivity contribution < 1.29 is 4.74 Å². The second-order valence-corrected chi connectivity index (χ2v) is 6.10. The third kappa shape index (κ3) is 4.63. The quantitative estimate of drug-likeness (QED) is 0.617. The molecule has 0 unspecified atom stereocenters. The average molecular weight is 282 g/mol. The van der Waals surface area contributed by atoms with Crippen LogP contribution in [0.3, 0.4) is 0 Å². The zero-order chi connectivity index (χ0) is 13.5. The van der Waals surface area contributed by atoms with Gasteiger partial charge in [-0.15, -0.1) is 0 Å². The van der Waals surface area contributed by atoms with Crippen LogP contribution in [0.5, 0.6) is 0 Å². The summed E-state index contributed by atoms with van der Waals surface area (Å²) >= 11 is 1.96. The van der Waals surface area contributed by atoms with E-state index in [9.17, 15) is 0 Å². The summed E-state index contributed by atoms with van der Waals surface area (Å²) in [5.41, 5.74) is 3.45. The maximum Gasteiger partial charge on any atom is 0.144 e. The molecule has 1 aliphatic rings. The summed E-state index contributed by atoms with van der Waals surface area (Å²) in [4.78, 5) is 8.90. The Hall–Kier alpha value is -0.850. The molecular formula is C13H22N4OS. The lowest BCUT2D eigenvalue weighted by Gasteiger charge is -2.20. The highest BCUT2D eigenvalue weighted by molar-refractivity contribution is 7.99. The van der Waals surface area contributed by atoms with E-state index < -0.39 is 0 Å². The zero-order valence-corrected chi connectivity index (χ0v) is 12.2. The van der Waals surface area contributed by atoms with Gasteiger partial charge in [0.05, 0.1) is 18.1 Å². The fourth-order valence-electron chi connectivity index (χ4n) is 2.34. The number of ether oxygens (including phenoxy) is 1. The molecule has 106 valence electrons. The minimum absolute atomic E-state index is 0.484. The van der Waals surface area contributed by atoms with Crippen LogP contribution in [0.2, 0.25) is 0 Å².